The Balaban J connectivity index is 2.80. The summed E-state index contributed by atoms with van der Waals surface area (Å²) in [5, 5.41) is 0. The van der Waals surface area contributed by atoms with E-state index < -0.39 is 10.0 Å². The molecule has 0 amide bonds. The Hall–Kier alpha value is -1.11. The molecule has 0 saturated heterocycles. The normalized spacial score (nSPS) is 13.7. The number of sulfonamides is 1. The molecular formula is C13H23N3O2S. The fourth-order valence-electron chi connectivity index (χ4n) is 1.78. The lowest BCUT2D eigenvalue weighted by Crippen LogP contribution is -2.34. The SMILES string of the molecule is Cc1cc(N)cc(S(=O)(=O)NC(C)CCN(C)C)c1. The molecule has 0 aromatic heterocycles. The van der Waals surface area contributed by atoms with E-state index in [2.05, 4.69) is 4.72 Å². The average Bonchev–Trinajstić information content (AvgIpc) is 2.24. The lowest BCUT2D eigenvalue weighted by molar-refractivity contribution is 0.379. The van der Waals surface area contributed by atoms with Gasteiger partial charge in [-0.1, -0.05) is 0 Å². The summed E-state index contributed by atoms with van der Waals surface area (Å²) in [5.41, 5.74) is 6.98. The van der Waals surface area contributed by atoms with Crippen molar-refractivity contribution in [2.45, 2.75) is 31.2 Å². The summed E-state index contributed by atoms with van der Waals surface area (Å²) in [7, 11) is 0.421. The predicted molar refractivity (Wildman–Crippen MR) is 78.5 cm³/mol. The first-order valence-corrected chi connectivity index (χ1v) is 7.73. The van der Waals surface area contributed by atoms with Crippen molar-refractivity contribution in [3.05, 3.63) is 23.8 Å². The highest BCUT2D eigenvalue weighted by Gasteiger charge is 2.18. The second-order valence-electron chi connectivity index (χ2n) is 5.19. The Kier molecular flexibility index (Phi) is 5.34. The largest absolute Gasteiger partial charge is 0.399 e. The van der Waals surface area contributed by atoms with Gasteiger partial charge in [0.1, 0.15) is 0 Å². The van der Waals surface area contributed by atoms with Crippen molar-refractivity contribution in [3.8, 4) is 0 Å². The van der Waals surface area contributed by atoms with Crippen LogP contribution in [0.3, 0.4) is 0 Å². The van der Waals surface area contributed by atoms with Crippen molar-refractivity contribution < 1.29 is 8.42 Å². The average molecular weight is 285 g/mol. The highest BCUT2D eigenvalue weighted by Crippen LogP contribution is 2.16. The fraction of sp³-hybridized carbons (Fsp3) is 0.538. The number of nitrogen functional groups attached to an aromatic ring is 1. The summed E-state index contributed by atoms with van der Waals surface area (Å²) in [4.78, 5) is 2.25. The van der Waals surface area contributed by atoms with Crippen molar-refractivity contribution in [2.24, 2.45) is 0 Å². The molecule has 1 unspecified atom stereocenters. The van der Waals surface area contributed by atoms with Crippen LogP contribution in [0.25, 0.3) is 0 Å². The van der Waals surface area contributed by atoms with Gasteiger partial charge in [-0.05, 0) is 64.7 Å². The summed E-state index contributed by atoms with van der Waals surface area (Å²) >= 11 is 0. The van der Waals surface area contributed by atoms with Gasteiger partial charge in [0.15, 0.2) is 0 Å². The van der Waals surface area contributed by atoms with Crippen LogP contribution in [0.4, 0.5) is 5.69 Å². The third-order valence-corrected chi connectivity index (χ3v) is 4.32. The van der Waals surface area contributed by atoms with Crippen LogP contribution in [-0.4, -0.2) is 40.0 Å². The van der Waals surface area contributed by atoms with Gasteiger partial charge in [0.2, 0.25) is 10.0 Å². The second kappa shape index (κ2) is 6.36. The van der Waals surface area contributed by atoms with E-state index in [1.807, 2.05) is 32.8 Å². The van der Waals surface area contributed by atoms with Crippen molar-refractivity contribution in [1.29, 1.82) is 0 Å². The van der Waals surface area contributed by atoms with Gasteiger partial charge in [-0.25, -0.2) is 13.1 Å². The molecule has 0 fully saturated rings. The smallest absolute Gasteiger partial charge is 0.240 e. The van der Waals surface area contributed by atoms with E-state index in [9.17, 15) is 8.42 Å². The zero-order valence-electron chi connectivity index (χ0n) is 12.0. The molecule has 0 heterocycles. The van der Waals surface area contributed by atoms with Crippen LogP contribution >= 0.6 is 0 Å². The van der Waals surface area contributed by atoms with Crippen LogP contribution in [0.2, 0.25) is 0 Å². The molecule has 1 atom stereocenters. The minimum Gasteiger partial charge on any atom is -0.399 e. The number of hydrogen-bond acceptors (Lipinski definition) is 4. The Labute approximate surface area is 115 Å². The van der Waals surface area contributed by atoms with E-state index in [-0.39, 0.29) is 10.9 Å². The predicted octanol–water partition coefficient (Wildman–Crippen LogP) is 1.20. The molecule has 108 valence electrons. The van der Waals surface area contributed by atoms with Crippen molar-refractivity contribution in [2.75, 3.05) is 26.4 Å². The molecule has 0 bridgehead atoms. The summed E-state index contributed by atoms with van der Waals surface area (Å²) in [6.45, 7) is 4.52. The number of aryl methyl sites for hydroxylation is 1. The molecule has 19 heavy (non-hydrogen) atoms. The number of hydrogen-bond donors (Lipinski definition) is 2. The van der Waals surface area contributed by atoms with Crippen molar-refractivity contribution >= 4 is 15.7 Å². The van der Waals surface area contributed by atoms with Gasteiger partial charge in [0.05, 0.1) is 4.90 Å². The Morgan fingerprint density at radius 2 is 1.95 bits per heavy atom. The van der Waals surface area contributed by atoms with E-state index in [0.717, 1.165) is 18.5 Å². The number of rotatable bonds is 6. The molecular weight excluding hydrogens is 262 g/mol. The van der Waals surface area contributed by atoms with E-state index in [0.29, 0.717) is 5.69 Å². The van der Waals surface area contributed by atoms with Gasteiger partial charge < -0.3 is 10.6 Å². The first kappa shape index (κ1) is 15.9. The summed E-state index contributed by atoms with van der Waals surface area (Å²) < 4.78 is 27.1. The molecule has 5 nitrogen and oxygen atoms in total. The van der Waals surface area contributed by atoms with Gasteiger partial charge >= 0.3 is 0 Å². The fourth-order valence-corrected chi connectivity index (χ4v) is 3.19. The van der Waals surface area contributed by atoms with Crippen LogP contribution in [0.15, 0.2) is 23.1 Å². The van der Waals surface area contributed by atoms with Gasteiger partial charge in [0.25, 0.3) is 0 Å². The van der Waals surface area contributed by atoms with Gasteiger partial charge in [-0.15, -0.1) is 0 Å². The number of nitrogens with zero attached hydrogens (tertiary/aromatic N) is 1. The lowest BCUT2D eigenvalue weighted by atomic mass is 10.2. The maximum Gasteiger partial charge on any atom is 0.240 e. The molecule has 0 radical (unpaired) electrons. The van der Waals surface area contributed by atoms with Crippen molar-refractivity contribution in [1.82, 2.24) is 9.62 Å². The zero-order chi connectivity index (χ0) is 14.6. The summed E-state index contributed by atoms with van der Waals surface area (Å²) in [5.74, 6) is 0. The van der Waals surface area contributed by atoms with E-state index in [1.54, 1.807) is 12.1 Å². The number of benzene rings is 1. The highest BCUT2D eigenvalue weighted by molar-refractivity contribution is 7.89. The van der Waals surface area contributed by atoms with Crippen LogP contribution in [0.1, 0.15) is 18.9 Å². The first-order valence-electron chi connectivity index (χ1n) is 6.25. The molecule has 0 aliphatic carbocycles. The van der Waals surface area contributed by atoms with E-state index in [4.69, 9.17) is 5.73 Å². The lowest BCUT2D eigenvalue weighted by Gasteiger charge is -2.17. The topological polar surface area (TPSA) is 75.4 Å². The summed E-state index contributed by atoms with van der Waals surface area (Å²) in [6, 6.07) is 4.73. The zero-order valence-corrected chi connectivity index (χ0v) is 12.8. The minimum absolute atomic E-state index is 0.117. The maximum atomic E-state index is 12.2. The van der Waals surface area contributed by atoms with E-state index in [1.165, 1.54) is 6.07 Å². The monoisotopic (exact) mass is 285 g/mol. The van der Waals surface area contributed by atoms with Gasteiger partial charge in [0, 0.05) is 11.7 Å². The maximum absolute atomic E-state index is 12.2. The highest BCUT2D eigenvalue weighted by atomic mass is 32.2. The van der Waals surface area contributed by atoms with Gasteiger partial charge in [-0.3, -0.25) is 0 Å². The quantitative estimate of drug-likeness (QED) is 0.770. The molecule has 0 spiro atoms. The second-order valence-corrected chi connectivity index (χ2v) is 6.91. The minimum atomic E-state index is -3.50. The van der Waals surface area contributed by atoms with Gasteiger partial charge in [-0.2, -0.15) is 0 Å². The molecule has 0 saturated carbocycles. The molecule has 0 aliphatic heterocycles. The molecule has 1 rings (SSSR count). The number of nitrogens with one attached hydrogen (secondary N) is 1. The molecule has 1 aromatic carbocycles. The van der Waals surface area contributed by atoms with Crippen LogP contribution in [0, 0.1) is 6.92 Å². The first-order chi connectivity index (χ1) is 8.70. The number of nitrogens with two attached hydrogens (primary N) is 1. The third kappa shape index (κ3) is 5.18. The molecule has 0 aliphatic rings. The number of anilines is 1. The standard InChI is InChI=1S/C13H23N3O2S/c1-10-7-12(14)9-13(8-10)19(17,18)15-11(2)5-6-16(3)4/h7-9,11,15H,5-6,14H2,1-4H3. The summed E-state index contributed by atoms with van der Waals surface area (Å²) in [6.07, 6.45) is 0.757. The Bertz CT molecular complexity index is 506. The third-order valence-electron chi connectivity index (χ3n) is 2.75. The van der Waals surface area contributed by atoms with E-state index >= 15 is 0 Å². The Morgan fingerprint density at radius 1 is 1.32 bits per heavy atom. The molecule has 3 N–H and O–H groups in total. The van der Waals surface area contributed by atoms with Crippen LogP contribution in [-0.2, 0) is 10.0 Å². The van der Waals surface area contributed by atoms with Crippen LogP contribution < -0.4 is 10.5 Å². The Morgan fingerprint density at radius 3 is 2.47 bits per heavy atom. The molecule has 1 aromatic rings. The van der Waals surface area contributed by atoms with Crippen molar-refractivity contribution in [3.63, 3.8) is 0 Å². The van der Waals surface area contributed by atoms with Crippen LogP contribution in [0.5, 0.6) is 0 Å². The molecule has 6 heteroatoms.